The number of hydrogen-bond acceptors (Lipinski definition) is 4. The number of nitrogens with zero attached hydrogens (tertiary/aromatic N) is 3. The minimum Gasteiger partial charge on any atom is -0.365 e. The lowest BCUT2D eigenvalue weighted by Crippen LogP contribution is -2.33. The summed E-state index contributed by atoms with van der Waals surface area (Å²) in [4.78, 5) is 23.3. The largest absolute Gasteiger partial charge is 0.365 e. The number of aryl methyl sites for hydroxylation is 1. The van der Waals surface area contributed by atoms with E-state index in [2.05, 4.69) is 36.1 Å². The fourth-order valence-electron chi connectivity index (χ4n) is 2.56. The molecule has 116 valence electrons. The third kappa shape index (κ3) is 4.69. The van der Waals surface area contributed by atoms with E-state index < -0.39 is 0 Å². The van der Waals surface area contributed by atoms with Gasteiger partial charge in [-0.05, 0) is 40.5 Å². The number of nitrogens with one attached hydrogen (secondary N) is 1. The Hall–Kier alpha value is -1.65. The second-order valence-electron chi connectivity index (χ2n) is 6.77. The SMILES string of the molecule is Cc1nc(NC(C)(C)C)cc(C(=O)N2CCCCCC2)n1. The molecule has 1 amide bonds. The number of hydrogen-bond donors (Lipinski definition) is 1. The molecule has 1 fully saturated rings. The molecule has 1 aromatic heterocycles. The van der Waals surface area contributed by atoms with Crippen LogP contribution < -0.4 is 5.32 Å². The molecule has 0 aliphatic carbocycles. The highest BCUT2D eigenvalue weighted by atomic mass is 16.2. The molecule has 0 aromatic carbocycles. The molecule has 0 radical (unpaired) electrons. The lowest BCUT2D eigenvalue weighted by Gasteiger charge is -2.23. The van der Waals surface area contributed by atoms with Gasteiger partial charge in [-0.1, -0.05) is 12.8 Å². The Balaban J connectivity index is 2.20. The highest BCUT2D eigenvalue weighted by Crippen LogP contribution is 2.16. The van der Waals surface area contributed by atoms with Crippen LogP contribution in [-0.2, 0) is 0 Å². The maximum absolute atomic E-state index is 12.6. The van der Waals surface area contributed by atoms with Crippen LogP contribution in [0.4, 0.5) is 5.82 Å². The molecule has 1 aliphatic heterocycles. The lowest BCUT2D eigenvalue weighted by atomic mass is 10.1. The summed E-state index contributed by atoms with van der Waals surface area (Å²) >= 11 is 0. The van der Waals surface area contributed by atoms with E-state index in [0.717, 1.165) is 25.9 Å². The summed E-state index contributed by atoms with van der Waals surface area (Å²) in [5.41, 5.74) is 0.403. The highest BCUT2D eigenvalue weighted by molar-refractivity contribution is 5.93. The molecular weight excluding hydrogens is 264 g/mol. The third-order valence-electron chi connectivity index (χ3n) is 3.45. The fraction of sp³-hybridized carbons (Fsp3) is 0.688. The predicted molar refractivity (Wildman–Crippen MR) is 84.5 cm³/mol. The molecule has 0 spiro atoms. The Bertz CT molecular complexity index is 499. The molecule has 1 saturated heterocycles. The number of likely N-dealkylation sites (tertiary alicyclic amines) is 1. The van der Waals surface area contributed by atoms with Crippen molar-refractivity contribution in [1.82, 2.24) is 14.9 Å². The van der Waals surface area contributed by atoms with Crippen molar-refractivity contribution in [2.45, 2.75) is 58.9 Å². The normalized spacial score (nSPS) is 16.5. The topological polar surface area (TPSA) is 58.1 Å². The van der Waals surface area contributed by atoms with Crippen LogP contribution in [0.2, 0.25) is 0 Å². The van der Waals surface area contributed by atoms with Gasteiger partial charge in [0.25, 0.3) is 5.91 Å². The Morgan fingerprint density at radius 1 is 1.14 bits per heavy atom. The third-order valence-corrected chi connectivity index (χ3v) is 3.45. The molecule has 0 atom stereocenters. The van der Waals surface area contributed by atoms with E-state index in [-0.39, 0.29) is 11.4 Å². The molecule has 0 saturated carbocycles. The quantitative estimate of drug-likeness (QED) is 0.909. The second kappa shape index (κ2) is 6.41. The first-order valence-electron chi connectivity index (χ1n) is 7.78. The van der Waals surface area contributed by atoms with Crippen LogP contribution in [-0.4, -0.2) is 39.4 Å². The number of aromatic nitrogens is 2. The monoisotopic (exact) mass is 290 g/mol. The molecule has 5 heteroatoms. The average molecular weight is 290 g/mol. The lowest BCUT2D eigenvalue weighted by molar-refractivity contribution is 0.0755. The van der Waals surface area contributed by atoms with Crippen LogP contribution >= 0.6 is 0 Å². The minimum absolute atomic E-state index is 0.0272. The van der Waals surface area contributed by atoms with Gasteiger partial charge in [-0.15, -0.1) is 0 Å². The van der Waals surface area contributed by atoms with Gasteiger partial charge in [0, 0.05) is 24.7 Å². The van der Waals surface area contributed by atoms with Crippen LogP contribution in [0.3, 0.4) is 0 Å². The van der Waals surface area contributed by atoms with Gasteiger partial charge in [0.2, 0.25) is 0 Å². The standard InChI is InChI=1S/C16H26N4O/c1-12-17-13(11-14(18-12)19-16(2,3)4)15(21)20-9-7-5-6-8-10-20/h11H,5-10H2,1-4H3,(H,17,18,19). The molecule has 1 N–H and O–H groups in total. The van der Waals surface area contributed by atoms with Crippen molar-refractivity contribution in [1.29, 1.82) is 0 Å². The van der Waals surface area contributed by atoms with Crippen molar-refractivity contribution in [3.05, 3.63) is 17.6 Å². The highest BCUT2D eigenvalue weighted by Gasteiger charge is 2.20. The number of rotatable bonds is 2. The van der Waals surface area contributed by atoms with Crippen molar-refractivity contribution in [2.24, 2.45) is 0 Å². The van der Waals surface area contributed by atoms with Gasteiger partial charge < -0.3 is 10.2 Å². The van der Waals surface area contributed by atoms with Crippen LogP contribution in [0.25, 0.3) is 0 Å². The molecular formula is C16H26N4O. The van der Waals surface area contributed by atoms with Crippen LogP contribution in [0.15, 0.2) is 6.07 Å². The smallest absolute Gasteiger partial charge is 0.272 e. The summed E-state index contributed by atoms with van der Waals surface area (Å²) < 4.78 is 0. The van der Waals surface area contributed by atoms with Crippen molar-refractivity contribution in [3.8, 4) is 0 Å². The molecule has 2 heterocycles. The van der Waals surface area contributed by atoms with E-state index in [1.54, 1.807) is 6.07 Å². The second-order valence-corrected chi connectivity index (χ2v) is 6.77. The van der Waals surface area contributed by atoms with Crippen LogP contribution in [0.5, 0.6) is 0 Å². The van der Waals surface area contributed by atoms with E-state index in [1.165, 1.54) is 12.8 Å². The maximum atomic E-state index is 12.6. The summed E-state index contributed by atoms with van der Waals surface area (Å²) in [6, 6.07) is 1.77. The predicted octanol–water partition coefficient (Wildman–Crippen LogP) is 3.01. The first kappa shape index (κ1) is 15.7. The summed E-state index contributed by atoms with van der Waals surface area (Å²) in [5, 5.41) is 3.31. The van der Waals surface area contributed by atoms with E-state index in [9.17, 15) is 4.79 Å². The van der Waals surface area contributed by atoms with Crippen molar-refractivity contribution in [3.63, 3.8) is 0 Å². The Morgan fingerprint density at radius 2 is 1.76 bits per heavy atom. The zero-order chi connectivity index (χ0) is 15.5. The van der Waals surface area contributed by atoms with E-state index in [1.807, 2.05) is 11.8 Å². The molecule has 2 rings (SSSR count). The molecule has 1 aromatic rings. The first-order valence-corrected chi connectivity index (χ1v) is 7.78. The van der Waals surface area contributed by atoms with Crippen LogP contribution in [0.1, 0.15) is 62.8 Å². The summed E-state index contributed by atoms with van der Waals surface area (Å²) in [6.45, 7) is 9.71. The molecule has 1 aliphatic rings. The van der Waals surface area contributed by atoms with Crippen molar-refractivity contribution in [2.75, 3.05) is 18.4 Å². The average Bonchev–Trinajstić information content (AvgIpc) is 2.63. The minimum atomic E-state index is -0.0935. The van der Waals surface area contributed by atoms with Crippen LogP contribution in [0, 0.1) is 6.92 Å². The fourth-order valence-corrected chi connectivity index (χ4v) is 2.56. The zero-order valence-electron chi connectivity index (χ0n) is 13.6. The summed E-state index contributed by atoms with van der Waals surface area (Å²) in [6.07, 6.45) is 4.60. The summed E-state index contributed by atoms with van der Waals surface area (Å²) in [7, 11) is 0. The number of anilines is 1. The van der Waals surface area contributed by atoms with Gasteiger partial charge in [0.05, 0.1) is 0 Å². The molecule has 0 unspecified atom stereocenters. The van der Waals surface area contributed by atoms with E-state index in [4.69, 9.17) is 0 Å². The first-order chi connectivity index (χ1) is 9.85. The van der Waals surface area contributed by atoms with Gasteiger partial charge in [-0.3, -0.25) is 4.79 Å². The van der Waals surface area contributed by atoms with Gasteiger partial charge >= 0.3 is 0 Å². The van der Waals surface area contributed by atoms with Gasteiger partial charge in [-0.2, -0.15) is 0 Å². The molecule has 0 bridgehead atoms. The molecule has 21 heavy (non-hydrogen) atoms. The van der Waals surface area contributed by atoms with Gasteiger partial charge in [0.1, 0.15) is 17.3 Å². The summed E-state index contributed by atoms with van der Waals surface area (Å²) in [5.74, 6) is 1.37. The van der Waals surface area contributed by atoms with Crippen molar-refractivity contribution < 1.29 is 4.79 Å². The Morgan fingerprint density at radius 3 is 2.33 bits per heavy atom. The van der Waals surface area contributed by atoms with Gasteiger partial charge in [-0.25, -0.2) is 9.97 Å². The number of carbonyl (C=O) groups is 1. The Labute approximate surface area is 127 Å². The zero-order valence-corrected chi connectivity index (χ0v) is 13.6. The molecule has 5 nitrogen and oxygen atoms in total. The number of amides is 1. The van der Waals surface area contributed by atoms with Crippen molar-refractivity contribution >= 4 is 11.7 Å². The number of carbonyl (C=O) groups excluding carboxylic acids is 1. The van der Waals surface area contributed by atoms with E-state index >= 15 is 0 Å². The maximum Gasteiger partial charge on any atom is 0.272 e. The Kier molecular flexibility index (Phi) is 4.80. The van der Waals surface area contributed by atoms with E-state index in [0.29, 0.717) is 17.3 Å². The van der Waals surface area contributed by atoms with Gasteiger partial charge in [0.15, 0.2) is 0 Å².